The summed E-state index contributed by atoms with van der Waals surface area (Å²) in [4.78, 5) is 14.9. The predicted molar refractivity (Wildman–Crippen MR) is 90.2 cm³/mol. The fraction of sp³-hybridized carbons (Fsp3) is 0.421. The Labute approximate surface area is 145 Å². The molecule has 4 heterocycles. The van der Waals surface area contributed by atoms with Crippen molar-refractivity contribution < 1.29 is 18.3 Å². The fourth-order valence-electron chi connectivity index (χ4n) is 3.91. The second-order valence-electron chi connectivity index (χ2n) is 6.79. The zero-order valence-corrected chi connectivity index (χ0v) is 14.1. The summed E-state index contributed by atoms with van der Waals surface area (Å²) < 4.78 is 24.1. The summed E-state index contributed by atoms with van der Waals surface area (Å²) in [6.45, 7) is 4.39. The van der Waals surface area contributed by atoms with Crippen molar-refractivity contribution in [3.63, 3.8) is 0 Å². The van der Waals surface area contributed by atoms with Crippen molar-refractivity contribution in [3.8, 4) is 11.7 Å². The Morgan fingerprint density at radius 2 is 2.08 bits per heavy atom. The molecule has 1 amide bonds. The molecule has 3 fully saturated rings. The third-order valence-corrected chi connectivity index (χ3v) is 5.30. The maximum absolute atomic E-state index is 13.2. The first-order chi connectivity index (χ1) is 12.1. The minimum absolute atomic E-state index is 0.146. The van der Waals surface area contributed by atoms with Gasteiger partial charge in [-0.3, -0.25) is 9.69 Å². The number of nitrogens with one attached hydrogen (secondary N) is 1. The summed E-state index contributed by atoms with van der Waals surface area (Å²) in [5.74, 6) is 0.597. The van der Waals surface area contributed by atoms with Crippen molar-refractivity contribution in [3.05, 3.63) is 48.0 Å². The highest BCUT2D eigenvalue weighted by Gasteiger charge is 2.40. The zero-order chi connectivity index (χ0) is 17.4. The lowest BCUT2D eigenvalue weighted by Crippen LogP contribution is -2.62. The zero-order valence-electron chi connectivity index (χ0n) is 14.1. The van der Waals surface area contributed by atoms with Gasteiger partial charge in [-0.15, -0.1) is 0 Å². The number of halogens is 1. The van der Waals surface area contributed by atoms with Gasteiger partial charge in [0.2, 0.25) is 0 Å². The largest absolute Gasteiger partial charge is 0.426 e. The first-order valence-electron chi connectivity index (χ1n) is 8.68. The number of piperidine rings is 3. The lowest BCUT2D eigenvalue weighted by atomic mass is 9.79. The lowest BCUT2D eigenvalue weighted by molar-refractivity contribution is 0.0210. The Balaban J connectivity index is 1.42. The van der Waals surface area contributed by atoms with Gasteiger partial charge >= 0.3 is 0 Å². The summed E-state index contributed by atoms with van der Waals surface area (Å²) >= 11 is 0. The molecule has 2 unspecified atom stereocenters. The molecule has 3 saturated heterocycles. The molecule has 3 aliphatic heterocycles. The van der Waals surface area contributed by atoms with Crippen molar-refractivity contribution in [2.45, 2.75) is 31.8 Å². The highest BCUT2D eigenvalue weighted by Crippen LogP contribution is 2.32. The highest BCUT2D eigenvalue weighted by molar-refractivity contribution is 5.91. The molecular weight excluding hydrogens is 323 g/mol. The van der Waals surface area contributed by atoms with Gasteiger partial charge < -0.3 is 14.5 Å². The molecule has 0 aliphatic carbocycles. The molecule has 132 valence electrons. The van der Waals surface area contributed by atoms with Crippen LogP contribution in [-0.2, 0) is 0 Å². The first kappa shape index (κ1) is 16.1. The average molecular weight is 344 g/mol. The fourth-order valence-corrected chi connectivity index (χ4v) is 3.91. The molecule has 25 heavy (non-hydrogen) atoms. The minimum Gasteiger partial charge on any atom is -0.426 e. The van der Waals surface area contributed by atoms with Crippen molar-refractivity contribution in [1.82, 2.24) is 10.2 Å². The standard InChI is InChI=1S/C19H21FN2O3/c1-12-18(13-7-9-22(12)10-8-13)21-19(23)16-5-6-17(25-16)24-15-4-2-3-14(20)11-15/h2-6,11-13,18H,7-10H2,1H3,(H,21,23). The maximum Gasteiger partial charge on any atom is 0.290 e. The Hall–Kier alpha value is -2.34. The van der Waals surface area contributed by atoms with Gasteiger partial charge in [-0.05, 0) is 57.0 Å². The van der Waals surface area contributed by atoms with Crippen LogP contribution in [0.4, 0.5) is 4.39 Å². The van der Waals surface area contributed by atoms with Crippen LogP contribution in [0.15, 0.2) is 40.8 Å². The molecule has 1 N–H and O–H groups in total. The van der Waals surface area contributed by atoms with Crippen LogP contribution in [0.5, 0.6) is 11.7 Å². The highest BCUT2D eigenvalue weighted by atomic mass is 19.1. The lowest BCUT2D eigenvalue weighted by Gasteiger charge is -2.49. The van der Waals surface area contributed by atoms with E-state index in [2.05, 4.69) is 17.1 Å². The summed E-state index contributed by atoms with van der Waals surface area (Å²) in [5.41, 5.74) is 0. The first-order valence-corrected chi connectivity index (χ1v) is 8.68. The Morgan fingerprint density at radius 1 is 1.28 bits per heavy atom. The molecule has 5 rings (SSSR count). The number of rotatable bonds is 4. The molecular formula is C19H21FN2O3. The second kappa shape index (κ2) is 6.52. The van der Waals surface area contributed by atoms with E-state index in [4.69, 9.17) is 9.15 Å². The van der Waals surface area contributed by atoms with Crippen LogP contribution < -0.4 is 10.1 Å². The van der Waals surface area contributed by atoms with E-state index >= 15 is 0 Å². The number of carbonyl (C=O) groups is 1. The van der Waals surface area contributed by atoms with Gasteiger partial charge in [-0.2, -0.15) is 0 Å². The van der Waals surface area contributed by atoms with Crippen LogP contribution >= 0.6 is 0 Å². The van der Waals surface area contributed by atoms with Gasteiger partial charge in [0.25, 0.3) is 11.9 Å². The van der Waals surface area contributed by atoms with Crippen LogP contribution in [0.3, 0.4) is 0 Å². The molecule has 0 spiro atoms. The van der Waals surface area contributed by atoms with Crippen LogP contribution in [0.25, 0.3) is 0 Å². The smallest absolute Gasteiger partial charge is 0.290 e. The number of furan rings is 1. The molecule has 1 aromatic carbocycles. The Morgan fingerprint density at radius 3 is 2.80 bits per heavy atom. The molecule has 3 aliphatic rings. The predicted octanol–water partition coefficient (Wildman–Crippen LogP) is 3.42. The number of hydrogen-bond acceptors (Lipinski definition) is 4. The molecule has 2 atom stereocenters. The van der Waals surface area contributed by atoms with Gasteiger partial charge in [-0.25, -0.2) is 4.39 Å². The quantitative estimate of drug-likeness (QED) is 0.923. The Bertz CT molecular complexity index is 766. The molecule has 0 radical (unpaired) electrons. The summed E-state index contributed by atoms with van der Waals surface area (Å²) in [7, 11) is 0. The van der Waals surface area contributed by atoms with Crippen molar-refractivity contribution in [2.75, 3.05) is 13.1 Å². The van der Waals surface area contributed by atoms with Gasteiger partial charge in [0.1, 0.15) is 11.6 Å². The molecule has 6 heteroatoms. The summed E-state index contributed by atoms with van der Waals surface area (Å²) in [5, 5.41) is 3.11. The van der Waals surface area contributed by atoms with E-state index in [1.165, 1.54) is 12.1 Å². The average Bonchev–Trinajstić information content (AvgIpc) is 3.07. The van der Waals surface area contributed by atoms with Crippen molar-refractivity contribution in [1.29, 1.82) is 0 Å². The number of benzene rings is 1. The number of ether oxygens (including phenoxy) is 1. The molecule has 0 saturated carbocycles. The van der Waals surface area contributed by atoms with Gasteiger partial charge in [0, 0.05) is 24.2 Å². The number of amides is 1. The van der Waals surface area contributed by atoms with E-state index < -0.39 is 5.82 Å². The third kappa shape index (κ3) is 3.26. The number of carbonyl (C=O) groups excluding carboxylic acids is 1. The van der Waals surface area contributed by atoms with Crippen molar-refractivity contribution >= 4 is 5.91 Å². The van der Waals surface area contributed by atoms with Crippen LogP contribution in [0, 0.1) is 11.7 Å². The monoisotopic (exact) mass is 344 g/mol. The molecule has 2 aromatic rings. The van der Waals surface area contributed by atoms with E-state index in [9.17, 15) is 9.18 Å². The normalized spacial score (nSPS) is 27.9. The van der Waals surface area contributed by atoms with Gasteiger partial charge in [-0.1, -0.05) is 6.07 Å². The SMILES string of the molecule is CC1C(NC(=O)c2ccc(Oc3cccc(F)c3)o2)C2CCN1CC2. The minimum atomic E-state index is -0.390. The summed E-state index contributed by atoms with van der Waals surface area (Å²) in [6.07, 6.45) is 2.25. The topological polar surface area (TPSA) is 54.7 Å². The van der Waals surface area contributed by atoms with Crippen molar-refractivity contribution in [2.24, 2.45) is 5.92 Å². The van der Waals surface area contributed by atoms with E-state index in [0.717, 1.165) is 25.9 Å². The van der Waals surface area contributed by atoms with E-state index in [-0.39, 0.29) is 23.7 Å². The molecule has 2 bridgehead atoms. The number of hydrogen-bond donors (Lipinski definition) is 1. The van der Waals surface area contributed by atoms with Gasteiger partial charge in [0.15, 0.2) is 5.76 Å². The number of fused-ring (bicyclic) bond motifs is 3. The van der Waals surface area contributed by atoms with Gasteiger partial charge in [0.05, 0.1) is 0 Å². The molecule has 5 nitrogen and oxygen atoms in total. The van der Waals surface area contributed by atoms with Crippen LogP contribution in [-0.4, -0.2) is 36.0 Å². The third-order valence-electron chi connectivity index (χ3n) is 5.30. The maximum atomic E-state index is 13.2. The Kier molecular flexibility index (Phi) is 4.21. The van der Waals surface area contributed by atoms with E-state index in [1.54, 1.807) is 24.3 Å². The molecule has 1 aromatic heterocycles. The van der Waals surface area contributed by atoms with E-state index in [0.29, 0.717) is 17.7 Å². The van der Waals surface area contributed by atoms with Crippen LogP contribution in [0.2, 0.25) is 0 Å². The summed E-state index contributed by atoms with van der Waals surface area (Å²) in [6, 6.07) is 9.41. The van der Waals surface area contributed by atoms with Crippen LogP contribution in [0.1, 0.15) is 30.3 Å². The van der Waals surface area contributed by atoms with E-state index in [1.807, 2.05) is 0 Å². The number of nitrogens with zero attached hydrogens (tertiary/aromatic N) is 1. The second-order valence-corrected chi connectivity index (χ2v) is 6.79.